The van der Waals surface area contributed by atoms with E-state index in [1.165, 1.54) is 0 Å². The van der Waals surface area contributed by atoms with Crippen LogP contribution >= 0.6 is 11.8 Å². The Balaban J connectivity index is 2.50. The first-order chi connectivity index (χ1) is 6.93. The van der Waals surface area contributed by atoms with E-state index in [0.717, 1.165) is 10.8 Å². The van der Waals surface area contributed by atoms with Crippen molar-refractivity contribution in [2.75, 3.05) is 12.4 Å². The summed E-state index contributed by atoms with van der Waals surface area (Å²) in [5.74, 6) is 0.787. The molecule has 0 fully saturated rings. The van der Waals surface area contributed by atoms with Crippen LogP contribution in [0.3, 0.4) is 0 Å². The number of carbonyl (C=O) groups is 1. The van der Waals surface area contributed by atoms with Gasteiger partial charge in [-0.2, -0.15) is 0 Å². The average Bonchev–Trinajstić information content (AvgIpc) is 2.48. The van der Waals surface area contributed by atoms with E-state index in [1.54, 1.807) is 11.8 Å². The number of nitrogens with one attached hydrogen (secondary N) is 1. The predicted octanol–water partition coefficient (Wildman–Crippen LogP) is 0.929. The normalized spacial score (nSPS) is 21.3. The Hall–Kier alpha value is -0.750. The van der Waals surface area contributed by atoms with Gasteiger partial charge in [-0.3, -0.25) is 4.99 Å². The van der Waals surface area contributed by atoms with E-state index in [4.69, 9.17) is 10.2 Å². The Labute approximate surface area is 93.0 Å². The molecular weight excluding hydrogens is 216 g/mol. The molecule has 3 N–H and O–H groups in total. The Morgan fingerprint density at radius 3 is 2.87 bits per heavy atom. The summed E-state index contributed by atoms with van der Waals surface area (Å²) in [6.07, 6.45) is -0.456. The topological polar surface area (TPSA) is 81.9 Å². The number of rotatable bonds is 4. The van der Waals surface area contributed by atoms with E-state index >= 15 is 0 Å². The van der Waals surface area contributed by atoms with E-state index < -0.39 is 11.6 Å². The van der Waals surface area contributed by atoms with Crippen molar-refractivity contribution in [2.24, 2.45) is 4.99 Å². The molecule has 0 spiro atoms. The predicted molar refractivity (Wildman–Crippen MR) is 60.6 cm³/mol. The Morgan fingerprint density at radius 2 is 2.40 bits per heavy atom. The minimum atomic E-state index is -1.03. The van der Waals surface area contributed by atoms with Gasteiger partial charge in [0.1, 0.15) is 0 Å². The highest BCUT2D eigenvalue weighted by Crippen LogP contribution is 2.24. The molecule has 0 aromatic heterocycles. The lowest BCUT2D eigenvalue weighted by atomic mass is 10.0. The number of thioether (sulfide) groups is 1. The molecule has 0 radical (unpaired) electrons. The number of aliphatic hydroxyl groups excluding tert-OH is 1. The Bertz CT molecular complexity index is 279. The molecule has 1 heterocycles. The fraction of sp³-hybridized carbons (Fsp3) is 0.778. The monoisotopic (exact) mass is 232 g/mol. The van der Waals surface area contributed by atoms with Crippen molar-refractivity contribution in [3.05, 3.63) is 0 Å². The van der Waals surface area contributed by atoms with E-state index in [0.29, 0.717) is 6.42 Å². The second-order valence-electron chi connectivity index (χ2n) is 4.16. The largest absolute Gasteiger partial charge is 0.465 e. The molecule has 1 aliphatic heterocycles. The maximum absolute atomic E-state index is 10.5. The molecule has 5 nitrogen and oxygen atoms in total. The molecule has 6 heteroatoms. The van der Waals surface area contributed by atoms with Crippen LogP contribution in [-0.4, -0.2) is 45.3 Å². The van der Waals surface area contributed by atoms with Gasteiger partial charge in [0.2, 0.25) is 0 Å². The lowest BCUT2D eigenvalue weighted by Gasteiger charge is -2.23. The molecule has 0 bridgehead atoms. The van der Waals surface area contributed by atoms with Crippen molar-refractivity contribution >= 4 is 22.9 Å². The smallest absolute Gasteiger partial charge is 0.405 e. The fourth-order valence-electron chi connectivity index (χ4n) is 1.37. The van der Waals surface area contributed by atoms with Crippen LogP contribution in [0.4, 0.5) is 4.79 Å². The van der Waals surface area contributed by atoms with Crippen molar-refractivity contribution in [3.63, 3.8) is 0 Å². The number of amides is 1. The summed E-state index contributed by atoms with van der Waals surface area (Å²) in [6, 6.07) is -0.0226. The lowest BCUT2D eigenvalue weighted by molar-refractivity contribution is 0.183. The summed E-state index contributed by atoms with van der Waals surface area (Å²) in [6.45, 7) is 3.69. The molecule has 0 aliphatic carbocycles. The van der Waals surface area contributed by atoms with Crippen LogP contribution in [0.15, 0.2) is 4.99 Å². The summed E-state index contributed by atoms with van der Waals surface area (Å²) >= 11 is 1.59. The zero-order chi connectivity index (χ0) is 11.5. The highest BCUT2D eigenvalue weighted by molar-refractivity contribution is 8.14. The van der Waals surface area contributed by atoms with Gasteiger partial charge in [-0.1, -0.05) is 0 Å². The third-order valence-corrected chi connectivity index (χ3v) is 3.15. The third kappa shape index (κ3) is 4.09. The molecule has 1 amide bonds. The van der Waals surface area contributed by atoms with Gasteiger partial charge in [-0.15, -0.1) is 11.8 Å². The molecule has 1 unspecified atom stereocenters. The van der Waals surface area contributed by atoms with Crippen LogP contribution in [0, 0.1) is 0 Å². The summed E-state index contributed by atoms with van der Waals surface area (Å²) in [5, 5.41) is 20.9. The minimum absolute atomic E-state index is 0.0226. The zero-order valence-corrected chi connectivity index (χ0v) is 9.67. The molecule has 1 rings (SSSR count). The highest BCUT2D eigenvalue weighted by Gasteiger charge is 2.26. The maximum Gasteiger partial charge on any atom is 0.405 e. The van der Waals surface area contributed by atoms with Crippen molar-refractivity contribution in [3.8, 4) is 0 Å². The van der Waals surface area contributed by atoms with Gasteiger partial charge in [0.15, 0.2) is 0 Å². The average molecular weight is 232 g/mol. The minimum Gasteiger partial charge on any atom is -0.465 e. The number of hydrogen-bond donors (Lipinski definition) is 3. The van der Waals surface area contributed by atoms with Crippen molar-refractivity contribution in [1.29, 1.82) is 0 Å². The molecule has 0 aromatic rings. The van der Waals surface area contributed by atoms with Crippen LogP contribution in [-0.2, 0) is 0 Å². The van der Waals surface area contributed by atoms with Gasteiger partial charge < -0.3 is 15.5 Å². The number of aliphatic hydroxyl groups is 1. The van der Waals surface area contributed by atoms with Crippen LogP contribution in [0.1, 0.15) is 20.3 Å². The Morgan fingerprint density at radius 1 is 1.73 bits per heavy atom. The van der Waals surface area contributed by atoms with Gasteiger partial charge in [0.05, 0.1) is 17.7 Å². The van der Waals surface area contributed by atoms with E-state index in [2.05, 4.69) is 10.3 Å². The number of hydrogen-bond acceptors (Lipinski definition) is 4. The van der Waals surface area contributed by atoms with Crippen LogP contribution < -0.4 is 5.32 Å². The van der Waals surface area contributed by atoms with Crippen LogP contribution in [0.25, 0.3) is 0 Å². The van der Waals surface area contributed by atoms with E-state index in [1.807, 2.05) is 13.8 Å². The summed E-state index contributed by atoms with van der Waals surface area (Å²) in [7, 11) is 0. The molecule has 0 saturated heterocycles. The van der Waals surface area contributed by atoms with Gasteiger partial charge in [-0.05, 0) is 13.8 Å². The fourth-order valence-corrected chi connectivity index (χ4v) is 2.62. The number of nitrogens with zero attached hydrogens (tertiary/aromatic N) is 1. The number of aliphatic imine (C=N–C) groups is 1. The zero-order valence-electron chi connectivity index (χ0n) is 8.86. The molecule has 1 atom stereocenters. The first kappa shape index (κ1) is 12.3. The van der Waals surface area contributed by atoms with Crippen LogP contribution in [0.5, 0.6) is 0 Å². The summed E-state index contributed by atoms with van der Waals surface area (Å²) in [5.41, 5.74) is -0.512. The second kappa shape index (κ2) is 4.85. The first-order valence-corrected chi connectivity index (χ1v) is 5.73. The molecule has 0 aromatic carbocycles. The molecule has 1 aliphatic rings. The Kier molecular flexibility index (Phi) is 3.98. The summed E-state index contributed by atoms with van der Waals surface area (Å²) < 4.78 is 0. The van der Waals surface area contributed by atoms with Crippen molar-refractivity contribution in [1.82, 2.24) is 5.32 Å². The SMILES string of the molecule is CC(C)(CC1=NC(CO)CS1)NC(=O)O. The van der Waals surface area contributed by atoms with Gasteiger partial charge in [0, 0.05) is 17.7 Å². The van der Waals surface area contributed by atoms with Crippen molar-refractivity contribution < 1.29 is 15.0 Å². The molecular formula is C9H16N2O3S. The standard InChI is InChI=1S/C9H16N2O3S/c1-9(2,11-8(13)14)3-7-10-6(4-12)5-15-7/h6,11-12H,3-5H2,1-2H3,(H,13,14). The van der Waals surface area contributed by atoms with E-state index in [9.17, 15) is 4.79 Å². The van der Waals surface area contributed by atoms with Gasteiger partial charge in [-0.25, -0.2) is 4.79 Å². The molecule has 15 heavy (non-hydrogen) atoms. The maximum atomic E-state index is 10.5. The summed E-state index contributed by atoms with van der Waals surface area (Å²) in [4.78, 5) is 14.8. The molecule has 86 valence electrons. The van der Waals surface area contributed by atoms with Gasteiger partial charge >= 0.3 is 6.09 Å². The van der Waals surface area contributed by atoms with Crippen molar-refractivity contribution in [2.45, 2.75) is 31.8 Å². The number of carboxylic acid groups (broad SMARTS) is 1. The molecule has 0 saturated carbocycles. The quantitative estimate of drug-likeness (QED) is 0.673. The second-order valence-corrected chi connectivity index (χ2v) is 5.25. The van der Waals surface area contributed by atoms with Gasteiger partial charge in [0.25, 0.3) is 0 Å². The lowest BCUT2D eigenvalue weighted by Crippen LogP contribution is -2.43. The van der Waals surface area contributed by atoms with E-state index in [-0.39, 0.29) is 12.6 Å². The highest BCUT2D eigenvalue weighted by atomic mass is 32.2. The third-order valence-electron chi connectivity index (χ3n) is 2.02. The first-order valence-electron chi connectivity index (χ1n) is 4.74. The van der Waals surface area contributed by atoms with Crippen LogP contribution in [0.2, 0.25) is 0 Å².